The van der Waals surface area contributed by atoms with Gasteiger partial charge in [0.1, 0.15) is 18.3 Å². The number of alkyl halides is 2. The Hall–Kier alpha value is -1.73. The first-order chi connectivity index (χ1) is 21.2. The zero-order valence-corrected chi connectivity index (χ0v) is 27.1. The predicted octanol–water partition coefficient (Wildman–Crippen LogP) is 1.30. The summed E-state index contributed by atoms with van der Waals surface area (Å²) >= 11 is 0. The molecular formula is C32H56F2N8O2. The number of nitrogens with two attached hydrogens (primary N) is 1. The zero-order chi connectivity index (χ0) is 31.4. The largest absolute Gasteiger partial charge is 0.350 e. The number of fused-ring (bicyclic) bond motifs is 2. The van der Waals surface area contributed by atoms with E-state index in [1.54, 1.807) is 6.92 Å². The van der Waals surface area contributed by atoms with Gasteiger partial charge in [0, 0.05) is 57.6 Å². The molecule has 2 amide bonds. The second kappa shape index (κ2) is 14.8. The Morgan fingerprint density at radius 3 is 2.36 bits per heavy atom. The third-order valence-corrected chi connectivity index (χ3v) is 11.1. The van der Waals surface area contributed by atoms with Crippen LogP contribution in [0.1, 0.15) is 65.7 Å². The number of amides is 2. The minimum absolute atomic E-state index is 0.00790. The highest BCUT2D eigenvalue weighted by atomic mass is 19.1. The van der Waals surface area contributed by atoms with Crippen molar-refractivity contribution in [2.24, 2.45) is 28.0 Å². The van der Waals surface area contributed by atoms with E-state index in [9.17, 15) is 9.59 Å². The molecule has 0 aromatic rings. The lowest BCUT2D eigenvalue weighted by molar-refractivity contribution is -0.143. The molecule has 5 heterocycles. The Kier molecular flexibility index (Phi) is 11.3. The highest BCUT2D eigenvalue weighted by molar-refractivity contribution is 6.04. The van der Waals surface area contributed by atoms with Gasteiger partial charge in [-0.1, -0.05) is 26.7 Å². The van der Waals surface area contributed by atoms with E-state index in [1.807, 2.05) is 4.90 Å². The van der Waals surface area contributed by atoms with Gasteiger partial charge in [-0.2, -0.15) is 0 Å². The number of nitrogens with one attached hydrogen (secondary N) is 3. The number of hydrogen-bond donors (Lipinski definition) is 4. The first-order valence-electron chi connectivity index (χ1n) is 17.2. The van der Waals surface area contributed by atoms with E-state index in [-0.39, 0.29) is 42.3 Å². The maximum atomic E-state index is 15.6. The Labute approximate surface area is 262 Å². The van der Waals surface area contributed by atoms with Crippen molar-refractivity contribution in [3.8, 4) is 0 Å². The summed E-state index contributed by atoms with van der Waals surface area (Å²) in [6, 6.07) is -1.13. The standard InChI is InChI=1S/C32H56F2N8O2/c1-4-6-22(7-5-2)25-16-23(33)17-37-21(3)27(29(35)38-25)30(43)39-26-19-36-18-24(34)28(26)41-12-14-42(15-13-41)31(44)32-8-10-40(20-32)11-9-32/h22-29,36,38H,4-20,35H2,1-3H3,(H,39,43). The third kappa shape index (κ3) is 7.29. The van der Waals surface area contributed by atoms with Gasteiger partial charge in [0.05, 0.1) is 30.2 Å². The van der Waals surface area contributed by atoms with Crippen LogP contribution < -0.4 is 21.7 Å². The first-order valence-corrected chi connectivity index (χ1v) is 17.2. The molecular weight excluding hydrogens is 566 g/mol. The summed E-state index contributed by atoms with van der Waals surface area (Å²) in [6.45, 7) is 11.8. The monoisotopic (exact) mass is 622 g/mol. The van der Waals surface area contributed by atoms with Crippen molar-refractivity contribution >= 4 is 17.5 Å². The first kappa shape index (κ1) is 33.6. The van der Waals surface area contributed by atoms with Gasteiger partial charge in [-0.3, -0.25) is 24.8 Å². The molecule has 4 fully saturated rings. The minimum atomic E-state index is -1.17. The zero-order valence-electron chi connectivity index (χ0n) is 27.1. The Balaban J connectivity index is 1.25. The number of hydrogen-bond acceptors (Lipinski definition) is 8. The molecule has 5 aliphatic rings. The summed E-state index contributed by atoms with van der Waals surface area (Å²) in [6.07, 6.45) is 3.09. The van der Waals surface area contributed by atoms with Crippen LogP contribution in [0.15, 0.2) is 4.99 Å². The number of piperazine rings is 1. The fourth-order valence-electron chi connectivity index (χ4n) is 8.66. The number of carbonyl (C=O) groups excluding carboxylic acids is 2. The highest BCUT2D eigenvalue weighted by Crippen LogP contribution is 2.42. The minimum Gasteiger partial charge on any atom is -0.350 e. The second-order valence-corrected chi connectivity index (χ2v) is 14.1. The number of nitrogens with zero attached hydrogens (tertiary/aromatic N) is 4. The van der Waals surface area contributed by atoms with Crippen molar-refractivity contribution in [3.63, 3.8) is 0 Å². The number of rotatable bonds is 9. The molecule has 44 heavy (non-hydrogen) atoms. The summed E-state index contributed by atoms with van der Waals surface area (Å²) in [7, 11) is 0. The van der Waals surface area contributed by atoms with Gasteiger partial charge in [-0.05, 0) is 58.0 Å². The van der Waals surface area contributed by atoms with Crippen LogP contribution >= 0.6 is 0 Å². The van der Waals surface area contributed by atoms with Crippen molar-refractivity contribution in [3.05, 3.63) is 0 Å². The van der Waals surface area contributed by atoms with Crippen molar-refractivity contribution < 1.29 is 18.4 Å². The van der Waals surface area contributed by atoms with Gasteiger partial charge in [0.15, 0.2) is 0 Å². The molecule has 0 saturated carbocycles. The van der Waals surface area contributed by atoms with Crippen LogP contribution in [0.4, 0.5) is 8.78 Å². The third-order valence-electron chi connectivity index (χ3n) is 11.1. The average Bonchev–Trinajstić information content (AvgIpc) is 3.63. The van der Waals surface area contributed by atoms with Crippen LogP contribution in [-0.4, -0.2) is 134 Å². The number of aliphatic imine (C=N–C) groups is 1. The maximum absolute atomic E-state index is 15.6. The summed E-state index contributed by atoms with van der Waals surface area (Å²) in [5.74, 6) is -0.578. The lowest BCUT2D eigenvalue weighted by Crippen LogP contribution is -2.68. The molecule has 5 N–H and O–H groups in total. The average molecular weight is 623 g/mol. The summed E-state index contributed by atoms with van der Waals surface area (Å²) in [5.41, 5.74) is 6.96. The highest BCUT2D eigenvalue weighted by Gasteiger charge is 2.51. The van der Waals surface area contributed by atoms with E-state index in [4.69, 9.17) is 5.73 Å². The Bertz CT molecular complexity index is 1010. The molecule has 10 nitrogen and oxygen atoms in total. The van der Waals surface area contributed by atoms with Crippen LogP contribution in [0.5, 0.6) is 0 Å². The molecule has 0 aromatic carbocycles. The van der Waals surface area contributed by atoms with E-state index in [2.05, 4.69) is 44.6 Å². The van der Waals surface area contributed by atoms with Crippen LogP contribution in [0.2, 0.25) is 0 Å². The summed E-state index contributed by atoms with van der Waals surface area (Å²) in [4.78, 5) is 38.4. The molecule has 2 bridgehead atoms. The smallest absolute Gasteiger partial charge is 0.232 e. The fraction of sp³-hybridized carbons (Fsp3) is 0.906. The van der Waals surface area contributed by atoms with Crippen molar-refractivity contribution in [2.75, 3.05) is 65.4 Å². The molecule has 0 radical (unpaired) electrons. The van der Waals surface area contributed by atoms with Gasteiger partial charge in [-0.25, -0.2) is 8.78 Å². The topological polar surface area (TPSA) is 118 Å². The summed E-state index contributed by atoms with van der Waals surface area (Å²) in [5, 5.41) is 9.72. The quantitative estimate of drug-likeness (QED) is 0.306. The van der Waals surface area contributed by atoms with Crippen molar-refractivity contribution in [2.45, 2.75) is 102 Å². The predicted molar refractivity (Wildman–Crippen MR) is 169 cm³/mol. The molecule has 5 rings (SSSR count). The van der Waals surface area contributed by atoms with E-state index < -0.39 is 36.5 Å². The summed E-state index contributed by atoms with van der Waals surface area (Å²) < 4.78 is 30.6. The maximum Gasteiger partial charge on any atom is 0.232 e. The van der Waals surface area contributed by atoms with Gasteiger partial charge >= 0.3 is 0 Å². The molecule has 7 unspecified atom stereocenters. The molecule has 7 atom stereocenters. The molecule has 0 spiro atoms. The molecule has 0 aliphatic carbocycles. The van der Waals surface area contributed by atoms with Crippen LogP contribution in [0.3, 0.4) is 0 Å². The number of carbonyl (C=O) groups is 2. The van der Waals surface area contributed by atoms with Gasteiger partial charge in [0.2, 0.25) is 11.8 Å². The number of halogens is 2. The van der Waals surface area contributed by atoms with Crippen LogP contribution in [-0.2, 0) is 9.59 Å². The second-order valence-electron chi connectivity index (χ2n) is 14.1. The van der Waals surface area contributed by atoms with Gasteiger partial charge in [-0.15, -0.1) is 0 Å². The molecule has 5 aliphatic heterocycles. The molecule has 4 saturated heterocycles. The number of piperidine rings is 2. The Morgan fingerprint density at radius 1 is 1.07 bits per heavy atom. The van der Waals surface area contributed by atoms with E-state index >= 15 is 8.78 Å². The van der Waals surface area contributed by atoms with E-state index in [0.29, 0.717) is 44.9 Å². The molecule has 250 valence electrons. The van der Waals surface area contributed by atoms with Crippen molar-refractivity contribution in [1.82, 2.24) is 30.7 Å². The fourth-order valence-corrected chi connectivity index (χ4v) is 8.66. The van der Waals surface area contributed by atoms with Crippen LogP contribution in [0.25, 0.3) is 0 Å². The van der Waals surface area contributed by atoms with Gasteiger partial charge < -0.3 is 26.2 Å². The van der Waals surface area contributed by atoms with E-state index in [0.717, 1.165) is 58.2 Å². The van der Waals surface area contributed by atoms with E-state index in [1.165, 1.54) is 0 Å². The van der Waals surface area contributed by atoms with Crippen molar-refractivity contribution in [1.29, 1.82) is 0 Å². The normalized spacial score (nSPS) is 38.6. The van der Waals surface area contributed by atoms with Gasteiger partial charge in [0.25, 0.3) is 0 Å². The Morgan fingerprint density at radius 2 is 1.75 bits per heavy atom. The SMILES string of the molecule is CCCC(CCC)C1CC(F)CN=C(C)C(C(=O)NC2CNCC(F)C2N2CCN(C(=O)C34CCN(CC3)C4)CC2)C(N)N1. The lowest BCUT2D eigenvalue weighted by atomic mass is 9.83. The lowest BCUT2D eigenvalue weighted by Gasteiger charge is -2.47. The van der Waals surface area contributed by atoms with Crippen LogP contribution in [0, 0.1) is 17.3 Å². The molecule has 12 heteroatoms. The molecule has 0 aromatic heterocycles.